The van der Waals surface area contributed by atoms with Crippen LogP contribution in [0.4, 0.5) is 0 Å². The van der Waals surface area contributed by atoms with Gasteiger partial charge in [0, 0.05) is 44.0 Å². The van der Waals surface area contributed by atoms with Crippen molar-refractivity contribution in [1.29, 1.82) is 0 Å². The van der Waals surface area contributed by atoms with Gasteiger partial charge in [0.25, 0.3) is 5.91 Å². The molecule has 0 spiro atoms. The molecule has 0 saturated heterocycles. The summed E-state index contributed by atoms with van der Waals surface area (Å²) >= 11 is 0. The summed E-state index contributed by atoms with van der Waals surface area (Å²) in [4.78, 5) is 12.1. The predicted molar refractivity (Wildman–Crippen MR) is 71.4 cm³/mol. The lowest BCUT2D eigenvalue weighted by molar-refractivity contribution is 0.0951. The van der Waals surface area contributed by atoms with Crippen LogP contribution in [0.1, 0.15) is 27.0 Å². The van der Waals surface area contributed by atoms with Gasteiger partial charge in [0.2, 0.25) is 0 Å². The summed E-state index contributed by atoms with van der Waals surface area (Å²) in [5, 5.41) is 10.3. The van der Waals surface area contributed by atoms with Gasteiger partial charge in [-0.05, 0) is 23.3 Å². The summed E-state index contributed by atoms with van der Waals surface area (Å²) in [6.45, 7) is 2.24. The van der Waals surface area contributed by atoms with Crippen molar-refractivity contribution in [3.05, 3.63) is 52.8 Å². The first kappa shape index (κ1) is 11.9. The number of rotatable bonds is 3. The number of hydrogen-bond acceptors (Lipinski definition) is 3. The molecule has 1 amide bonds. The highest BCUT2D eigenvalue weighted by molar-refractivity contribution is 5.94. The molecule has 0 radical (unpaired) electrons. The molecule has 0 bridgehead atoms. The number of fused-ring (bicyclic) bond motifs is 1. The van der Waals surface area contributed by atoms with Crippen LogP contribution in [0, 0.1) is 0 Å². The Balaban J connectivity index is 1.67. The fourth-order valence-corrected chi connectivity index (χ4v) is 2.28. The number of amides is 1. The first-order chi connectivity index (χ1) is 9.22. The lowest BCUT2D eigenvalue weighted by atomic mass is 10.1. The largest absolute Gasteiger partial charge is 0.348 e. The maximum Gasteiger partial charge on any atom is 0.251 e. The number of hydrogen-bond donors (Lipinski definition) is 2. The average Bonchev–Trinajstić information content (AvgIpc) is 3.03. The minimum Gasteiger partial charge on any atom is -0.348 e. The Morgan fingerprint density at radius 2 is 2.26 bits per heavy atom. The number of benzene rings is 1. The Bertz CT molecular complexity index is 618. The Hall–Kier alpha value is -2.14. The molecular weight excluding hydrogens is 240 g/mol. The minimum atomic E-state index is -0.0430. The van der Waals surface area contributed by atoms with E-state index in [1.165, 1.54) is 11.1 Å². The van der Waals surface area contributed by atoms with E-state index >= 15 is 0 Å². The van der Waals surface area contributed by atoms with Gasteiger partial charge in [-0.2, -0.15) is 5.10 Å². The van der Waals surface area contributed by atoms with Crippen molar-refractivity contribution in [2.45, 2.75) is 19.6 Å². The summed E-state index contributed by atoms with van der Waals surface area (Å²) in [7, 11) is 1.86. The van der Waals surface area contributed by atoms with Gasteiger partial charge < -0.3 is 10.6 Å². The highest BCUT2D eigenvalue weighted by Gasteiger charge is 2.13. The van der Waals surface area contributed by atoms with Crippen LogP contribution in [0.3, 0.4) is 0 Å². The Kier molecular flexibility index (Phi) is 3.05. The smallest absolute Gasteiger partial charge is 0.251 e. The van der Waals surface area contributed by atoms with Crippen molar-refractivity contribution in [3.8, 4) is 0 Å². The van der Waals surface area contributed by atoms with Crippen molar-refractivity contribution in [1.82, 2.24) is 20.4 Å². The van der Waals surface area contributed by atoms with E-state index in [1.807, 2.05) is 31.4 Å². The SMILES string of the molecule is Cn1cc(CNC(=O)c2ccc3c(c2)CNC3)cn1. The van der Waals surface area contributed by atoms with E-state index in [-0.39, 0.29) is 5.91 Å². The van der Waals surface area contributed by atoms with Gasteiger partial charge in [-0.1, -0.05) is 6.07 Å². The van der Waals surface area contributed by atoms with Crippen LogP contribution in [0.25, 0.3) is 0 Å². The van der Waals surface area contributed by atoms with Gasteiger partial charge in [-0.15, -0.1) is 0 Å². The molecule has 3 rings (SSSR count). The molecule has 1 aliphatic rings. The zero-order valence-corrected chi connectivity index (χ0v) is 10.8. The van der Waals surface area contributed by atoms with Crippen LogP contribution >= 0.6 is 0 Å². The number of nitrogens with one attached hydrogen (secondary N) is 2. The molecule has 98 valence electrons. The summed E-state index contributed by atoms with van der Waals surface area (Å²) in [5.74, 6) is -0.0430. The van der Waals surface area contributed by atoms with E-state index in [2.05, 4.69) is 15.7 Å². The zero-order chi connectivity index (χ0) is 13.2. The Morgan fingerprint density at radius 1 is 1.42 bits per heavy atom. The maximum atomic E-state index is 12.1. The van der Waals surface area contributed by atoms with Crippen molar-refractivity contribution in [2.75, 3.05) is 0 Å². The number of nitrogens with zero attached hydrogens (tertiary/aromatic N) is 2. The molecule has 1 aliphatic heterocycles. The molecule has 1 aromatic heterocycles. The fourth-order valence-electron chi connectivity index (χ4n) is 2.28. The van der Waals surface area contributed by atoms with Gasteiger partial charge in [0.1, 0.15) is 0 Å². The molecule has 0 atom stereocenters. The monoisotopic (exact) mass is 256 g/mol. The van der Waals surface area contributed by atoms with Gasteiger partial charge in [-0.3, -0.25) is 9.48 Å². The van der Waals surface area contributed by atoms with Crippen molar-refractivity contribution in [2.24, 2.45) is 7.05 Å². The maximum absolute atomic E-state index is 12.1. The van der Waals surface area contributed by atoms with E-state index in [1.54, 1.807) is 10.9 Å². The van der Waals surface area contributed by atoms with E-state index in [9.17, 15) is 4.79 Å². The second-order valence-electron chi connectivity index (χ2n) is 4.79. The molecule has 2 heterocycles. The van der Waals surface area contributed by atoms with E-state index < -0.39 is 0 Å². The van der Waals surface area contributed by atoms with Crippen LogP contribution in [0.5, 0.6) is 0 Å². The van der Waals surface area contributed by atoms with E-state index in [0.717, 1.165) is 18.7 Å². The number of carbonyl (C=O) groups is 1. The zero-order valence-electron chi connectivity index (χ0n) is 10.8. The van der Waals surface area contributed by atoms with E-state index in [4.69, 9.17) is 0 Å². The van der Waals surface area contributed by atoms with Crippen molar-refractivity contribution in [3.63, 3.8) is 0 Å². The number of aryl methyl sites for hydroxylation is 1. The molecule has 0 saturated carbocycles. The second kappa shape index (κ2) is 4.85. The standard InChI is InChI=1S/C14H16N4O/c1-18-9-10(6-17-18)5-16-14(19)11-2-3-12-7-15-8-13(12)4-11/h2-4,6,9,15H,5,7-8H2,1H3,(H,16,19). The number of aromatic nitrogens is 2. The molecule has 19 heavy (non-hydrogen) atoms. The summed E-state index contributed by atoms with van der Waals surface area (Å²) in [6.07, 6.45) is 3.65. The van der Waals surface area contributed by atoms with Crippen LogP contribution < -0.4 is 10.6 Å². The third-order valence-electron chi connectivity index (χ3n) is 3.31. The van der Waals surface area contributed by atoms with Crippen LogP contribution in [0.2, 0.25) is 0 Å². The highest BCUT2D eigenvalue weighted by Crippen LogP contribution is 2.17. The average molecular weight is 256 g/mol. The van der Waals surface area contributed by atoms with Gasteiger partial charge in [0.05, 0.1) is 6.20 Å². The minimum absolute atomic E-state index is 0.0430. The highest BCUT2D eigenvalue weighted by atomic mass is 16.1. The molecule has 5 nitrogen and oxygen atoms in total. The lowest BCUT2D eigenvalue weighted by Gasteiger charge is -2.05. The molecule has 0 fully saturated rings. The molecule has 5 heteroatoms. The van der Waals surface area contributed by atoms with Crippen molar-refractivity contribution >= 4 is 5.91 Å². The first-order valence-electron chi connectivity index (χ1n) is 6.30. The van der Waals surface area contributed by atoms with Gasteiger partial charge in [-0.25, -0.2) is 0 Å². The third-order valence-corrected chi connectivity index (χ3v) is 3.31. The topological polar surface area (TPSA) is 59.0 Å². The summed E-state index contributed by atoms with van der Waals surface area (Å²) in [5.41, 5.74) is 4.21. The Labute approximate surface area is 111 Å². The lowest BCUT2D eigenvalue weighted by Crippen LogP contribution is -2.22. The van der Waals surface area contributed by atoms with E-state index in [0.29, 0.717) is 12.1 Å². The fraction of sp³-hybridized carbons (Fsp3) is 0.286. The van der Waals surface area contributed by atoms with Crippen LogP contribution in [0.15, 0.2) is 30.6 Å². The molecular formula is C14H16N4O. The Morgan fingerprint density at radius 3 is 3.05 bits per heavy atom. The molecule has 1 aromatic carbocycles. The summed E-state index contributed by atoms with van der Waals surface area (Å²) < 4.78 is 1.72. The van der Waals surface area contributed by atoms with Crippen LogP contribution in [-0.4, -0.2) is 15.7 Å². The predicted octanol–water partition coefficient (Wildman–Crippen LogP) is 0.953. The molecule has 0 aliphatic carbocycles. The van der Waals surface area contributed by atoms with Crippen LogP contribution in [-0.2, 0) is 26.7 Å². The third kappa shape index (κ3) is 2.51. The normalized spacial score (nSPS) is 13.3. The van der Waals surface area contributed by atoms with Gasteiger partial charge in [0.15, 0.2) is 0 Å². The molecule has 2 N–H and O–H groups in total. The summed E-state index contributed by atoms with van der Waals surface area (Å²) in [6, 6.07) is 5.87. The van der Waals surface area contributed by atoms with Crippen molar-refractivity contribution < 1.29 is 4.79 Å². The number of carbonyl (C=O) groups excluding carboxylic acids is 1. The molecule has 2 aromatic rings. The molecule has 0 unspecified atom stereocenters. The van der Waals surface area contributed by atoms with Gasteiger partial charge >= 0.3 is 0 Å². The second-order valence-corrected chi connectivity index (χ2v) is 4.79. The first-order valence-corrected chi connectivity index (χ1v) is 6.30. The quantitative estimate of drug-likeness (QED) is 0.859.